The van der Waals surface area contributed by atoms with E-state index in [1.165, 1.54) is 6.42 Å². The van der Waals surface area contributed by atoms with Gasteiger partial charge in [0.05, 0.1) is 6.61 Å². The summed E-state index contributed by atoms with van der Waals surface area (Å²) in [6.07, 6.45) is 7.12. The molecule has 0 radical (unpaired) electrons. The predicted molar refractivity (Wildman–Crippen MR) is 73.6 cm³/mol. The normalized spacial score (nSPS) is 16.3. The number of carbonyl (C=O) groups is 1. The molecule has 0 spiro atoms. The van der Waals surface area contributed by atoms with Gasteiger partial charge in [-0.3, -0.25) is 4.79 Å². The van der Waals surface area contributed by atoms with E-state index in [0.717, 1.165) is 25.7 Å². The van der Waals surface area contributed by atoms with Crippen LogP contribution >= 0.6 is 0 Å². The fraction of sp³-hybridized carbons (Fsp3) is 0.571. The number of nitrogen functional groups attached to an aromatic ring is 1. The van der Waals surface area contributed by atoms with Crippen LogP contribution in [0.1, 0.15) is 42.5 Å². The number of rotatable bonds is 4. The molecule has 0 aliphatic heterocycles. The maximum atomic E-state index is 12.5. The van der Waals surface area contributed by atoms with Crippen molar-refractivity contribution < 1.29 is 9.90 Å². The van der Waals surface area contributed by atoms with Crippen molar-refractivity contribution >= 4 is 11.7 Å². The van der Waals surface area contributed by atoms with Crippen LogP contribution in [-0.4, -0.2) is 40.1 Å². The molecule has 1 amide bonds. The number of carbonyl (C=O) groups excluding carboxylic acids is 1. The van der Waals surface area contributed by atoms with E-state index in [-0.39, 0.29) is 18.6 Å². The summed E-state index contributed by atoms with van der Waals surface area (Å²) in [6, 6.07) is 3.50. The van der Waals surface area contributed by atoms with Gasteiger partial charge in [-0.05, 0) is 25.0 Å². The number of aliphatic hydroxyl groups is 1. The number of aromatic nitrogens is 1. The fourth-order valence-electron chi connectivity index (χ4n) is 2.70. The van der Waals surface area contributed by atoms with Crippen LogP contribution in [-0.2, 0) is 0 Å². The molecule has 0 saturated heterocycles. The zero-order valence-corrected chi connectivity index (χ0v) is 11.1. The fourth-order valence-corrected chi connectivity index (χ4v) is 2.70. The Balaban J connectivity index is 2.15. The molecule has 1 aromatic rings. The summed E-state index contributed by atoms with van der Waals surface area (Å²) in [4.78, 5) is 18.2. The molecular weight excluding hydrogens is 242 g/mol. The zero-order chi connectivity index (χ0) is 13.7. The van der Waals surface area contributed by atoms with Gasteiger partial charge in [-0.25, -0.2) is 4.98 Å². The van der Waals surface area contributed by atoms with Crippen LogP contribution < -0.4 is 5.73 Å². The van der Waals surface area contributed by atoms with Crippen molar-refractivity contribution in [3.8, 4) is 0 Å². The number of hydrogen-bond donors (Lipinski definition) is 2. The Labute approximate surface area is 113 Å². The van der Waals surface area contributed by atoms with Crippen molar-refractivity contribution in [1.29, 1.82) is 0 Å². The number of hydrogen-bond acceptors (Lipinski definition) is 4. The first-order chi connectivity index (χ1) is 9.22. The summed E-state index contributed by atoms with van der Waals surface area (Å²) in [7, 11) is 0. The van der Waals surface area contributed by atoms with Crippen LogP contribution in [0, 0.1) is 0 Å². The molecule has 3 N–H and O–H groups in total. The monoisotopic (exact) mass is 263 g/mol. The van der Waals surface area contributed by atoms with Gasteiger partial charge in [-0.15, -0.1) is 0 Å². The minimum atomic E-state index is -0.0601. The number of pyridine rings is 1. The largest absolute Gasteiger partial charge is 0.395 e. The first-order valence-corrected chi connectivity index (χ1v) is 6.85. The van der Waals surface area contributed by atoms with E-state index in [1.807, 2.05) is 0 Å². The lowest BCUT2D eigenvalue weighted by Gasteiger charge is -2.34. The standard InChI is InChI=1S/C14H21N3O2/c15-13-10-11(6-7-16-13)14(19)17(8-9-18)12-4-2-1-3-5-12/h6-7,10,12,18H,1-5,8-9H2,(H2,15,16). The Morgan fingerprint density at radius 3 is 2.79 bits per heavy atom. The maximum Gasteiger partial charge on any atom is 0.254 e. The van der Waals surface area contributed by atoms with E-state index in [1.54, 1.807) is 23.2 Å². The van der Waals surface area contributed by atoms with Crippen molar-refractivity contribution in [3.05, 3.63) is 23.9 Å². The van der Waals surface area contributed by atoms with Crippen LogP contribution in [0.2, 0.25) is 0 Å². The van der Waals surface area contributed by atoms with Gasteiger partial charge in [0, 0.05) is 24.3 Å². The molecule has 1 heterocycles. The molecule has 0 bridgehead atoms. The molecule has 1 aliphatic rings. The Morgan fingerprint density at radius 1 is 1.42 bits per heavy atom. The minimum absolute atomic E-state index is 0.0111. The quantitative estimate of drug-likeness (QED) is 0.861. The Bertz CT molecular complexity index is 430. The van der Waals surface area contributed by atoms with E-state index >= 15 is 0 Å². The van der Waals surface area contributed by atoms with Gasteiger partial charge in [0.1, 0.15) is 5.82 Å². The highest BCUT2D eigenvalue weighted by Crippen LogP contribution is 2.24. The zero-order valence-electron chi connectivity index (χ0n) is 11.1. The lowest BCUT2D eigenvalue weighted by molar-refractivity contribution is 0.0585. The highest BCUT2D eigenvalue weighted by Gasteiger charge is 2.25. The molecule has 5 heteroatoms. The van der Waals surface area contributed by atoms with Crippen LogP contribution in [0.25, 0.3) is 0 Å². The van der Waals surface area contributed by atoms with Gasteiger partial charge in [-0.1, -0.05) is 19.3 Å². The molecule has 1 aliphatic carbocycles. The predicted octanol–water partition coefficient (Wildman–Crippen LogP) is 1.43. The third-order valence-corrected chi connectivity index (χ3v) is 3.65. The first kappa shape index (κ1) is 13.8. The van der Waals surface area contributed by atoms with Gasteiger partial charge >= 0.3 is 0 Å². The second-order valence-corrected chi connectivity index (χ2v) is 4.98. The molecule has 5 nitrogen and oxygen atoms in total. The van der Waals surface area contributed by atoms with E-state index in [4.69, 9.17) is 5.73 Å². The van der Waals surface area contributed by atoms with Gasteiger partial charge in [-0.2, -0.15) is 0 Å². The van der Waals surface area contributed by atoms with Crippen molar-refractivity contribution in [2.45, 2.75) is 38.1 Å². The number of aliphatic hydroxyl groups excluding tert-OH is 1. The molecule has 19 heavy (non-hydrogen) atoms. The molecule has 104 valence electrons. The van der Waals surface area contributed by atoms with Crippen LogP contribution in [0.4, 0.5) is 5.82 Å². The van der Waals surface area contributed by atoms with E-state index in [2.05, 4.69) is 4.98 Å². The smallest absolute Gasteiger partial charge is 0.254 e. The van der Waals surface area contributed by atoms with Gasteiger partial charge < -0.3 is 15.7 Å². The molecule has 1 aromatic heterocycles. The molecule has 1 saturated carbocycles. The van der Waals surface area contributed by atoms with Crippen LogP contribution in [0.5, 0.6) is 0 Å². The summed E-state index contributed by atoms with van der Waals surface area (Å²) in [5.74, 6) is 0.286. The van der Waals surface area contributed by atoms with Crippen molar-refractivity contribution in [2.24, 2.45) is 0 Å². The van der Waals surface area contributed by atoms with E-state index < -0.39 is 0 Å². The molecule has 0 aromatic carbocycles. The lowest BCUT2D eigenvalue weighted by atomic mass is 9.93. The molecule has 0 atom stereocenters. The highest BCUT2D eigenvalue weighted by atomic mass is 16.3. The summed E-state index contributed by atoms with van der Waals surface area (Å²) < 4.78 is 0. The van der Waals surface area contributed by atoms with E-state index in [9.17, 15) is 9.90 Å². The van der Waals surface area contributed by atoms with Gasteiger partial charge in [0.25, 0.3) is 5.91 Å². The van der Waals surface area contributed by atoms with Crippen molar-refractivity contribution in [2.75, 3.05) is 18.9 Å². The Kier molecular flexibility index (Phi) is 4.74. The second kappa shape index (κ2) is 6.52. The number of anilines is 1. The number of nitrogens with two attached hydrogens (primary N) is 1. The Morgan fingerprint density at radius 2 is 2.16 bits per heavy atom. The molecular formula is C14H21N3O2. The van der Waals surface area contributed by atoms with Crippen LogP contribution in [0.3, 0.4) is 0 Å². The highest BCUT2D eigenvalue weighted by molar-refractivity contribution is 5.95. The minimum Gasteiger partial charge on any atom is -0.395 e. The van der Waals surface area contributed by atoms with Gasteiger partial charge in [0.15, 0.2) is 0 Å². The summed E-state index contributed by atoms with van der Waals surface area (Å²) in [5, 5.41) is 9.19. The SMILES string of the molecule is Nc1cc(C(=O)N(CCO)C2CCCCC2)ccn1. The third-order valence-electron chi connectivity index (χ3n) is 3.65. The van der Waals surface area contributed by atoms with Gasteiger partial charge in [0.2, 0.25) is 0 Å². The van der Waals surface area contributed by atoms with Crippen LogP contribution in [0.15, 0.2) is 18.3 Å². The maximum absolute atomic E-state index is 12.5. The molecule has 2 rings (SSSR count). The summed E-state index contributed by atoms with van der Waals surface area (Å²) in [5.41, 5.74) is 6.17. The Hall–Kier alpha value is -1.62. The number of amides is 1. The number of nitrogens with zero attached hydrogens (tertiary/aromatic N) is 2. The average Bonchev–Trinajstić information content (AvgIpc) is 2.45. The lowest BCUT2D eigenvalue weighted by Crippen LogP contribution is -2.43. The average molecular weight is 263 g/mol. The van der Waals surface area contributed by atoms with E-state index in [0.29, 0.717) is 17.9 Å². The third kappa shape index (κ3) is 3.44. The molecule has 0 unspecified atom stereocenters. The summed E-state index contributed by atoms with van der Waals surface area (Å²) in [6.45, 7) is 0.370. The summed E-state index contributed by atoms with van der Waals surface area (Å²) >= 11 is 0. The van der Waals surface area contributed by atoms with Crippen molar-refractivity contribution in [3.63, 3.8) is 0 Å². The first-order valence-electron chi connectivity index (χ1n) is 6.85. The van der Waals surface area contributed by atoms with Crippen molar-refractivity contribution in [1.82, 2.24) is 9.88 Å². The topological polar surface area (TPSA) is 79.5 Å². The second-order valence-electron chi connectivity index (χ2n) is 4.98. The molecule has 1 fully saturated rings.